The monoisotopic (exact) mass is 488 g/mol. The van der Waals surface area contributed by atoms with Crippen LogP contribution in [-0.2, 0) is 9.53 Å². The van der Waals surface area contributed by atoms with Crippen molar-refractivity contribution in [1.82, 2.24) is 31.7 Å². The first kappa shape index (κ1) is 25.2. The number of hydrazine groups is 1. The summed E-state index contributed by atoms with van der Waals surface area (Å²) in [6.45, 7) is 7.48. The van der Waals surface area contributed by atoms with Crippen molar-refractivity contribution in [3.63, 3.8) is 0 Å². The van der Waals surface area contributed by atoms with Crippen molar-refractivity contribution in [3.05, 3.63) is 22.9 Å². The SMILES string of the molecule is C[C@@H]1CN([C@@H]2CC(C3NNC4=C3C[C@@H](C3=CC[C@@H](C(=O)NCCO)CC3)CC4)NCN2)C[C@H](C)O1. The highest BCUT2D eigenvalue weighted by molar-refractivity contribution is 5.79. The number of aliphatic hydroxyl groups is 1. The third-order valence-corrected chi connectivity index (χ3v) is 8.57. The van der Waals surface area contributed by atoms with Crippen molar-refractivity contribution in [2.24, 2.45) is 11.8 Å². The number of nitrogens with one attached hydrogen (secondary N) is 5. The molecule has 196 valence electrons. The maximum absolute atomic E-state index is 12.3. The number of carbonyl (C=O) groups excluding carboxylic acids is 1. The Kier molecular flexibility index (Phi) is 8.11. The molecule has 0 aromatic rings. The zero-order valence-electron chi connectivity index (χ0n) is 21.3. The molecule has 1 amide bonds. The fraction of sp³-hybridized carbons (Fsp3) is 0.808. The number of nitrogens with zero attached hydrogens (tertiary/aromatic N) is 1. The number of rotatable bonds is 6. The van der Waals surface area contributed by atoms with E-state index in [2.05, 4.69) is 51.6 Å². The summed E-state index contributed by atoms with van der Waals surface area (Å²) in [6.07, 6.45) is 10.5. The van der Waals surface area contributed by atoms with Crippen LogP contribution in [0.15, 0.2) is 22.9 Å². The van der Waals surface area contributed by atoms with E-state index in [-0.39, 0.29) is 30.6 Å². The maximum atomic E-state index is 12.3. The van der Waals surface area contributed by atoms with Gasteiger partial charge in [-0.1, -0.05) is 11.6 Å². The summed E-state index contributed by atoms with van der Waals surface area (Å²) in [6, 6.07) is 0.697. The minimum Gasteiger partial charge on any atom is -0.395 e. The van der Waals surface area contributed by atoms with Crippen LogP contribution in [0, 0.1) is 11.8 Å². The van der Waals surface area contributed by atoms with E-state index in [0.717, 1.165) is 58.3 Å². The molecule has 2 saturated heterocycles. The summed E-state index contributed by atoms with van der Waals surface area (Å²) in [5.41, 5.74) is 11.6. The minimum atomic E-state index is -0.000339. The van der Waals surface area contributed by atoms with Gasteiger partial charge < -0.3 is 20.6 Å². The summed E-state index contributed by atoms with van der Waals surface area (Å²) < 4.78 is 5.96. The molecule has 5 aliphatic rings. The second-order valence-electron chi connectivity index (χ2n) is 11.1. The Morgan fingerprint density at radius 3 is 2.77 bits per heavy atom. The van der Waals surface area contributed by atoms with E-state index in [1.165, 1.54) is 12.1 Å². The van der Waals surface area contributed by atoms with Gasteiger partial charge in [-0.25, -0.2) is 5.43 Å². The number of carbonyl (C=O) groups is 1. The van der Waals surface area contributed by atoms with Crippen LogP contribution >= 0.6 is 0 Å². The molecule has 7 atom stereocenters. The molecule has 6 N–H and O–H groups in total. The molecule has 35 heavy (non-hydrogen) atoms. The van der Waals surface area contributed by atoms with Crippen LogP contribution in [0.1, 0.15) is 58.8 Å². The minimum absolute atomic E-state index is 0.000339. The fourth-order valence-electron chi connectivity index (χ4n) is 6.85. The highest BCUT2D eigenvalue weighted by Crippen LogP contribution is 2.41. The average molecular weight is 489 g/mol. The lowest BCUT2D eigenvalue weighted by atomic mass is 9.74. The molecular formula is C26H44N6O3. The number of aliphatic hydroxyl groups excluding tert-OH is 1. The zero-order valence-corrected chi connectivity index (χ0v) is 21.3. The Labute approximate surface area is 209 Å². The first-order valence-electron chi connectivity index (χ1n) is 13.7. The van der Waals surface area contributed by atoms with Crippen LogP contribution in [0.25, 0.3) is 0 Å². The molecule has 0 saturated carbocycles. The fourth-order valence-corrected chi connectivity index (χ4v) is 6.85. The van der Waals surface area contributed by atoms with Crippen molar-refractivity contribution in [1.29, 1.82) is 0 Å². The molecular weight excluding hydrogens is 444 g/mol. The van der Waals surface area contributed by atoms with Gasteiger partial charge in [0.1, 0.15) is 0 Å². The maximum Gasteiger partial charge on any atom is 0.223 e. The van der Waals surface area contributed by atoms with E-state index in [9.17, 15) is 4.79 Å². The average Bonchev–Trinajstić information content (AvgIpc) is 3.30. The summed E-state index contributed by atoms with van der Waals surface area (Å²) in [7, 11) is 0. The van der Waals surface area contributed by atoms with Gasteiger partial charge in [0.2, 0.25) is 5.91 Å². The second-order valence-corrected chi connectivity index (χ2v) is 11.1. The molecule has 2 fully saturated rings. The Morgan fingerprint density at radius 2 is 2.03 bits per heavy atom. The van der Waals surface area contributed by atoms with Gasteiger partial charge in [-0.3, -0.25) is 20.3 Å². The molecule has 9 heteroatoms. The van der Waals surface area contributed by atoms with Gasteiger partial charge in [0, 0.05) is 44.0 Å². The van der Waals surface area contributed by atoms with Crippen LogP contribution in [0.4, 0.5) is 0 Å². The Morgan fingerprint density at radius 1 is 1.20 bits per heavy atom. The van der Waals surface area contributed by atoms with E-state index < -0.39 is 0 Å². The van der Waals surface area contributed by atoms with Gasteiger partial charge in [0.15, 0.2) is 0 Å². The van der Waals surface area contributed by atoms with Crippen LogP contribution in [-0.4, -0.2) is 79.3 Å². The predicted molar refractivity (Wildman–Crippen MR) is 135 cm³/mol. The van der Waals surface area contributed by atoms with E-state index in [1.54, 1.807) is 11.1 Å². The highest BCUT2D eigenvalue weighted by Gasteiger charge is 2.40. The number of hydrogen-bond donors (Lipinski definition) is 6. The molecule has 9 nitrogen and oxygen atoms in total. The van der Waals surface area contributed by atoms with Crippen molar-refractivity contribution in [2.45, 2.75) is 89.3 Å². The predicted octanol–water partition coefficient (Wildman–Crippen LogP) is 0.696. The van der Waals surface area contributed by atoms with E-state index in [1.807, 2.05) is 0 Å². The lowest BCUT2D eigenvalue weighted by molar-refractivity contribution is -0.125. The molecule has 0 aromatic carbocycles. The number of allylic oxidation sites excluding steroid dienone is 3. The van der Waals surface area contributed by atoms with Crippen molar-refractivity contribution in [3.8, 4) is 0 Å². The quantitative estimate of drug-likeness (QED) is 0.303. The number of hydrogen-bond acceptors (Lipinski definition) is 8. The largest absolute Gasteiger partial charge is 0.395 e. The first-order valence-corrected chi connectivity index (χ1v) is 13.7. The Balaban J connectivity index is 1.19. The van der Waals surface area contributed by atoms with E-state index >= 15 is 0 Å². The van der Waals surface area contributed by atoms with Gasteiger partial charge >= 0.3 is 0 Å². The molecule has 0 bridgehead atoms. The summed E-state index contributed by atoms with van der Waals surface area (Å²) in [5, 5.41) is 19.2. The molecule has 0 aromatic heterocycles. The lowest BCUT2D eigenvalue weighted by Crippen LogP contribution is -2.64. The molecule has 3 aliphatic heterocycles. The third-order valence-electron chi connectivity index (χ3n) is 8.57. The smallest absolute Gasteiger partial charge is 0.223 e. The Hall–Kier alpha value is -1.49. The van der Waals surface area contributed by atoms with Crippen LogP contribution in [0.3, 0.4) is 0 Å². The van der Waals surface area contributed by atoms with Gasteiger partial charge in [0.25, 0.3) is 0 Å². The first-order chi connectivity index (χ1) is 17.0. The number of amides is 1. The molecule has 0 radical (unpaired) electrons. The Bertz CT molecular complexity index is 822. The molecule has 2 unspecified atom stereocenters. The third kappa shape index (κ3) is 5.76. The molecule has 3 heterocycles. The van der Waals surface area contributed by atoms with E-state index in [0.29, 0.717) is 30.7 Å². The van der Waals surface area contributed by atoms with E-state index in [4.69, 9.17) is 9.84 Å². The second kappa shape index (κ2) is 11.3. The standard InChI is InChI=1S/C26H44N6O3/c1-16-13-32(14-17(2)35-16)24-12-23(28-15-29-24)25-21-11-20(7-8-22(21)30-31-25)18-3-5-19(6-4-18)26(34)27-9-10-33/h3,16-17,19-20,23-25,28-31,33H,4-15H2,1-2H3,(H,27,34)/t16-,17+,19-,20+,23?,24-,25?/m1/s1. The molecule has 2 aliphatic carbocycles. The molecule has 5 rings (SSSR count). The number of ether oxygens (including phenoxy) is 1. The van der Waals surface area contributed by atoms with Crippen molar-refractivity contribution >= 4 is 5.91 Å². The van der Waals surface area contributed by atoms with Crippen LogP contribution in [0.5, 0.6) is 0 Å². The highest BCUT2D eigenvalue weighted by atomic mass is 16.5. The molecule has 0 spiro atoms. The number of morpholine rings is 1. The normalized spacial score (nSPS) is 38.5. The van der Waals surface area contributed by atoms with Crippen LogP contribution in [0.2, 0.25) is 0 Å². The summed E-state index contributed by atoms with van der Waals surface area (Å²) >= 11 is 0. The summed E-state index contributed by atoms with van der Waals surface area (Å²) in [4.78, 5) is 14.8. The lowest BCUT2D eigenvalue weighted by Gasteiger charge is -2.45. The van der Waals surface area contributed by atoms with Crippen LogP contribution < -0.4 is 26.8 Å². The zero-order chi connectivity index (χ0) is 24.4. The van der Waals surface area contributed by atoms with Crippen molar-refractivity contribution in [2.75, 3.05) is 32.9 Å². The topological polar surface area (TPSA) is 110 Å². The summed E-state index contributed by atoms with van der Waals surface area (Å²) in [5.74, 6) is 0.716. The van der Waals surface area contributed by atoms with Gasteiger partial charge in [0.05, 0.1) is 31.0 Å². The van der Waals surface area contributed by atoms with Crippen molar-refractivity contribution < 1.29 is 14.6 Å². The van der Waals surface area contributed by atoms with Gasteiger partial charge in [-0.2, -0.15) is 0 Å². The van der Waals surface area contributed by atoms with Gasteiger partial charge in [-0.05, 0) is 70.3 Å². The van der Waals surface area contributed by atoms with Gasteiger partial charge in [-0.15, -0.1) is 0 Å².